The van der Waals surface area contributed by atoms with Crippen LogP contribution in [0.5, 0.6) is 0 Å². The normalized spacial score (nSPS) is 22.3. The number of carbonyl (C=O) groups excluding carboxylic acids is 1. The van der Waals surface area contributed by atoms with Gasteiger partial charge in [0.2, 0.25) is 5.91 Å². The fourth-order valence-electron chi connectivity index (χ4n) is 1.52. The minimum atomic E-state index is 0.151. The van der Waals surface area contributed by atoms with Gasteiger partial charge in [-0.25, -0.2) is 5.06 Å². The summed E-state index contributed by atoms with van der Waals surface area (Å²) in [4.78, 5) is 16.8. The average Bonchev–Trinajstić information content (AvgIpc) is 2.52. The van der Waals surface area contributed by atoms with Crippen LogP contribution in [-0.2, 0) is 9.63 Å². The molecule has 0 aromatic heterocycles. The summed E-state index contributed by atoms with van der Waals surface area (Å²) in [6.07, 6.45) is 4.89. The number of rotatable bonds is 4. The molecule has 1 aliphatic heterocycles. The minimum Gasteiger partial charge on any atom is -0.273 e. The van der Waals surface area contributed by atoms with Crippen LogP contribution < -0.4 is 0 Å². The largest absolute Gasteiger partial charge is 0.273 e. The van der Waals surface area contributed by atoms with Gasteiger partial charge in [0, 0.05) is 6.42 Å². The molecule has 0 aromatic rings. The number of hydrogen-bond donors (Lipinski definition) is 0. The van der Waals surface area contributed by atoms with Gasteiger partial charge < -0.3 is 0 Å². The molecule has 0 radical (unpaired) electrons. The Kier molecular flexibility index (Phi) is 4.22. The van der Waals surface area contributed by atoms with Crippen LogP contribution in [0.2, 0.25) is 0 Å². The van der Waals surface area contributed by atoms with Crippen molar-refractivity contribution in [2.45, 2.75) is 52.0 Å². The summed E-state index contributed by atoms with van der Waals surface area (Å²) in [6.45, 7) is 4.87. The van der Waals surface area contributed by atoms with Crippen molar-refractivity contribution >= 4 is 5.91 Å². The van der Waals surface area contributed by atoms with Crippen LogP contribution in [0.4, 0.5) is 0 Å². The second kappa shape index (κ2) is 5.22. The fourth-order valence-corrected chi connectivity index (χ4v) is 1.52. The molecule has 1 rings (SSSR count). The highest BCUT2D eigenvalue weighted by Crippen LogP contribution is 2.15. The molecule has 1 saturated heterocycles. The second-order valence-corrected chi connectivity index (χ2v) is 3.65. The predicted molar refractivity (Wildman–Crippen MR) is 51.0 cm³/mol. The third kappa shape index (κ3) is 2.99. The maximum atomic E-state index is 11.5. The molecule has 1 aliphatic rings. The van der Waals surface area contributed by atoms with E-state index in [4.69, 9.17) is 4.84 Å². The molecule has 1 heterocycles. The molecule has 13 heavy (non-hydrogen) atoms. The molecular weight excluding hydrogens is 166 g/mol. The number of amides is 1. The Bertz CT molecular complexity index is 170. The Balaban J connectivity index is 2.22. The molecule has 0 aromatic carbocycles. The van der Waals surface area contributed by atoms with E-state index in [0.29, 0.717) is 13.0 Å². The first kappa shape index (κ1) is 10.5. The third-order valence-corrected chi connectivity index (χ3v) is 2.41. The molecule has 0 saturated carbocycles. The van der Waals surface area contributed by atoms with E-state index in [0.717, 1.165) is 25.7 Å². The van der Waals surface area contributed by atoms with Gasteiger partial charge in [-0.05, 0) is 19.8 Å². The number of carbonyl (C=O) groups is 1. The van der Waals surface area contributed by atoms with E-state index in [-0.39, 0.29) is 11.9 Å². The highest BCUT2D eigenvalue weighted by atomic mass is 16.7. The molecule has 3 heteroatoms. The highest BCUT2D eigenvalue weighted by molar-refractivity contribution is 5.75. The molecule has 1 atom stereocenters. The van der Waals surface area contributed by atoms with Crippen molar-refractivity contribution in [3.8, 4) is 0 Å². The molecule has 0 bridgehead atoms. The lowest BCUT2D eigenvalue weighted by Gasteiger charge is -2.18. The molecule has 0 spiro atoms. The molecule has 0 N–H and O–H groups in total. The van der Waals surface area contributed by atoms with Crippen LogP contribution in [0.3, 0.4) is 0 Å². The van der Waals surface area contributed by atoms with Crippen molar-refractivity contribution < 1.29 is 9.63 Å². The Morgan fingerprint density at radius 1 is 1.54 bits per heavy atom. The Hall–Kier alpha value is -0.570. The van der Waals surface area contributed by atoms with Crippen LogP contribution >= 0.6 is 0 Å². The molecule has 0 aliphatic carbocycles. The quantitative estimate of drug-likeness (QED) is 0.628. The summed E-state index contributed by atoms with van der Waals surface area (Å²) >= 11 is 0. The lowest BCUT2D eigenvalue weighted by Crippen LogP contribution is -2.32. The standard InChI is InChI=1S/C10H19NO2/c1-3-4-5-6-10(12)11-9(2)7-8-13-11/h9H,3-8H2,1-2H3. The predicted octanol–water partition coefficient (Wildman–Crippen LogP) is 2.12. The van der Waals surface area contributed by atoms with Gasteiger partial charge in [-0.3, -0.25) is 9.63 Å². The summed E-state index contributed by atoms with van der Waals surface area (Å²) in [6, 6.07) is 0.272. The zero-order valence-corrected chi connectivity index (χ0v) is 8.58. The van der Waals surface area contributed by atoms with Gasteiger partial charge >= 0.3 is 0 Å². The van der Waals surface area contributed by atoms with Gasteiger partial charge in [0.25, 0.3) is 0 Å². The van der Waals surface area contributed by atoms with E-state index in [1.807, 2.05) is 6.92 Å². The van der Waals surface area contributed by atoms with Crippen LogP contribution in [0, 0.1) is 0 Å². The van der Waals surface area contributed by atoms with Gasteiger partial charge in [0.1, 0.15) is 0 Å². The Morgan fingerprint density at radius 2 is 2.31 bits per heavy atom. The van der Waals surface area contributed by atoms with Gasteiger partial charge in [0.05, 0.1) is 12.6 Å². The Labute approximate surface area is 80.0 Å². The SMILES string of the molecule is CCCCCC(=O)N1OCCC1C. The number of unbranched alkanes of at least 4 members (excludes halogenated alkanes) is 2. The molecule has 76 valence electrons. The zero-order valence-electron chi connectivity index (χ0n) is 8.58. The first-order valence-electron chi connectivity index (χ1n) is 5.20. The first-order valence-corrected chi connectivity index (χ1v) is 5.20. The molecular formula is C10H19NO2. The summed E-state index contributed by atoms with van der Waals surface area (Å²) in [5.41, 5.74) is 0. The van der Waals surface area contributed by atoms with Crippen molar-refractivity contribution in [2.24, 2.45) is 0 Å². The minimum absolute atomic E-state index is 0.151. The summed E-state index contributed by atoms with van der Waals surface area (Å²) in [5.74, 6) is 0.151. The van der Waals surface area contributed by atoms with Crippen molar-refractivity contribution in [1.29, 1.82) is 0 Å². The van der Waals surface area contributed by atoms with Gasteiger partial charge in [-0.1, -0.05) is 19.8 Å². The topological polar surface area (TPSA) is 29.5 Å². The van der Waals surface area contributed by atoms with E-state index in [1.54, 1.807) is 5.06 Å². The molecule has 1 unspecified atom stereocenters. The summed E-state index contributed by atoms with van der Waals surface area (Å²) < 4.78 is 0. The third-order valence-electron chi connectivity index (χ3n) is 2.41. The van der Waals surface area contributed by atoms with Crippen LogP contribution in [0.25, 0.3) is 0 Å². The summed E-state index contributed by atoms with van der Waals surface area (Å²) in [5, 5.41) is 1.55. The zero-order chi connectivity index (χ0) is 9.68. The van der Waals surface area contributed by atoms with Crippen molar-refractivity contribution in [2.75, 3.05) is 6.61 Å². The van der Waals surface area contributed by atoms with Gasteiger partial charge in [-0.15, -0.1) is 0 Å². The summed E-state index contributed by atoms with van der Waals surface area (Å²) in [7, 11) is 0. The highest BCUT2D eigenvalue weighted by Gasteiger charge is 2.25. The number of nitrogens with zero attached hydrogens (tertiary/aromatic N) is 1. The van der Waals surface area contributed by atoms with Crippen LogP contribution in [-0.4, -0.2) is 23.6 Å². The van der Waals surface area contributed by atoms with Crippen molar-refractivity contribution in [3.05, 3.63) is 0 Å². The van der Waals surface area contributed by atoms with E-state index < -0.39 is 0 Å². The second-order valence-electron chi connectivity index (χ2n) is 3.65. The smallest absolute Gasteiger partial charge is 0.246 e. The average molecular weight is 185 g/mol. The monoisotopic (exact) mass is 185 g/mol. The van der Waals surface area contributed by atoms with Crippen molar-refractivity contribution in [1.82, 2.24) is 5.06 Å². The van der Waals surface area contributed by atoms with E-state index in [9.17, 15) is 4.79 Å². The van der Waals surface area contributed by atoms with Crippen LogP contribution in [0.1, 0.15) is 46.0 Å². The maximum Gasteiger partial charge on any atom is 0.246 e. The number of hydroxylamine groups is 2. The molecule has 1 fully saturated rings. The molecule has 1 amide bonds. The Morgan fingerprint density at radius 3 is 2.85 bits per heavy atom. The lowest BCUT2D eigenvalue weighted by molar-refractivity contribution is -0.175. The van der Waals surface area contributed by atoms with Gasteiger partial charge in [-0.2, -0.15) is 0 Å². The van der Waals surface area contributed by atoms with E-state index in [2.05, 4.69) is 6.92 Å². The van der Waals surface area contributed by atoms with Gasteiger partial charge in [0.15, 0.2) is 0 Å². The maximum absolute atomic E-state index is 11.5. The van der Waals surface area contributed by atoms with Crippen molar-refractivity contribution in [3.63, 3.8) is 0 Å². The fraction of sp³-hybridized carbons (Fsp3) is 0.900. The van der Waals surface area contributed by atoms with E-state index in [1.165, 1.54) is 0 Å². The van der Waals surface area contributed by atoms with Crippen LogP contribution in [0.15, 0.2) is 0 Å². The molecule has 3 nitrogen and oxygen atoms in total. The number of hydrogen-bond acceptors (Lipinski definition) is 2. The van der Waals surface area contributed by atoms with E-state index >= 15 is 0 Å². The lowest BCUT2D eigenvalue weighted by atomic mass is 10.2. The first-order chi connectivity index (χ1) is 6.25.